The first-order valence-electron chi connectivity index (χ1n) is 7.35. The van der Waals surface area contributed by atoms with E-state index in [1.54, 1.807) is 17.9 Å². The van der Waals surface area contributed by atoms with E-state index in [0.29, 0.717) is 29.4 Å². The number of morpholine rings is 1. The highest BCUT2D eigenvalue weighted by atomic mass is 16.5. The van der Waals surface area contributed by atoms with E-state index in [1.165, 1.54) is 0 Å². The lowest BCUT2D eigenvalue weighted by atomic mass is 10.1. The number of aromatic nitrogens is 4. The summed E-state index contributed by atoms with van der Waals surface area (Å²) < 4.78 is 7.33. The van der Waals surface area contributed by atoms with Crippen molar-refractivity contribution < 1.29 is 4.74 Å². The highest BCUT2D eigenvalue weighted by Gasteiger charge is 2.26. The third kappa shape index (κ3) is 2.71. The first-order chi connectivity index (χ1) is 10.1. The molecular formula is C14H21N5O2. The lowest BCUT2D eigenvalue weighted by molar-refractivity contribution is -0.0600. The second-order valence-electron chi connectivity index (χ2n) is 5.65. The van der Waals surface area contributed by atoms with Crippen LogP contribution in [0.25, 0.3) is 11.0 Å². The van der Waals surface area contributed by atoms with Gasteiger partial charge < -0.3 is 9.72 Å². The number of hydrogen-bond acceptors (Lipinski definition) is 5. The van der Waals surface area contributed by atoms with Gasteiger partial charge >= 0.3 is 0 Å². The molecule has 0 aromatic carbocycles. The van der Waals surface area contributed by atoms with Crippen molar-refractivity contribution in [1.82, 2.24) is 24.6 Å². The van der Waals surface area contributed by atoms with Gasteiger partial charge in [-0.15, -0.1) is 0 Å². The number of aryl methyl sites for hydroxylation is 1. The minimum atomic E-state index is -0.127. The van der Waals surface area contributed by atoms with E-state index in [0.717, 1.165) is 19.6 Å². The van der Waals surface area contributed by atoms with Gasteiger partial charge in [-0.25, -0.2) is 4.98 Å². The average molecular weight is 291 g/mol. The topological polar surface area (TPSA) is 76.0 Å². The zero-order valence-electron chi connectivity index (χ0n) is 12.7. The van der Waals surface area contributed by atoms with Gasteiger partial charge in [-0.3, -0.25) is 14.4 Å². The molecule has 7 nitrogen and oxygen atoms in total. The molecule has 0 spiro atoms. The van der Waals surface area contributed by atoms with Crippen LogP contribution < -0.4 is 5.56 Å². The van der Waals surface area contributed by atoms with E-state index >= 15 is 0 Å². The number of fused-ring (bicyclic) bond motifs is 1. The SMILES string of the molecule is CCC1COC(C)CN1Cc1nc2c(cnn2C)c(=O)[nH]1. The third-order valence-corrected chi connectivity index (χ3v) is 4.06. The van der Waals surface area contributed by atoms with Crippen LogP contribution in [0.3, 0.4) is 0 Å². The monoisotopic (exact) mass is 291 g/mol. The van der Waals surface area contributed by atoms with Crippen LogP contribution in [-0.4, -0.2) is 49.9 Å². The van der Waals surface area contributed by atoms with Crippen LogP contribution in [-0.2, 0) is 18.3 Å². The predicted molar refractivity (Wildman–Crippen MR) is 79.0 cm³/mol. The average Bonchev–Trinajstić information content (AvgIpc) is 2.81. The predicted octanol–water partition coefficient (Wildman–Crippen LogP) is 0.656. The van der Waals surface area contributed by atoms with Crippen LogP contribution in [0, 0.1) is 0 Å². The Kier molecular flexibility index (Phi) is 3.77. The van der Waals surface area contributed by atoms with Crippen molar-refractivity contribution in [3.63, 3.8) is 0 Å². The standard InChI is InChI=1S/C14H21N5O2/c1-4-10-8-21-9(2)6-19(10)7-12-16-13-11(14(20)17-12)5-15-18(13)3/h5,9-10H,4,6-8H2,1-3H3,(H,16,17,20). The normalized spacial score (nSPS) is 23.8. The molecule has 0 aliphatic carbocycles. The number of hydrogen-bond donors (Lipinski definition) is 1. The van der Waals surface area contributed by atoms with E-state index in [9.17, 15) is 4.79 Å². The summed E-state index contributed by atoms with van der Waals surface area (Å²) in [6, 6.07) is 0.369. The van der Waals surface area contributed by atoms with Gasteiger partial charge in [0.2, 0.25) is 0 Å². The van der Waals surface area contributed by atoms with Gasteiger partial charge in [-0.1, -0.05) is 6.92 Å². The molecule has 1 aliphatic heterocycles. The minimum absolute atomic E-state index is 0.127. The van der Waals surface area contributed by atoms with Gasteiger partial charge in [0.25, 0.3) is 5.56 Å². The number of H-pyrrole nitrogens is 1. The zero-order valence-corrected chi connectivity index (χ0v) is 12.7. The second kappa shape index (κ2) is 5.57. The fourth-order valence-electron chi connectivity index (χ4n) is 2.83. The number of ether oxygens (including phenoxy) is 1. The number of nitrogens with zero attached hydrogens (tertiary/aromatic N) is 4. The van der Waals surface area contributed by atoms with Gasteiger partial charge in [0.1, 0.15) is 11.2 Å². The molecule has 2 aromatic heterocycles. The highest BCUT2D eigenvalue weighted by Crippen LogP contribution is 2.16. The fraction of sp³-hybridized carbons (Fsp3) is 0.643. The molecule has 114 valence electrons. The Hall–Kier alpha value is -1.73. The van der Waals surface area contributed by atoms with E-state index < -0.39 is 0 Å². The molecule has 2 atom stereocenters. The molecule has 1 fully saturated rings. The Morgan fingerprint density at radius 3 is 3.10 bits per heavy atom. The molecule has 1 aliphatic rings. The molecule has 1 N–H and O–H groups in total. The minimum Gasteiger partial charge on any atom is -0.376 e. The van der Waals surface area contributed by atoms with Crippen LogP contribution in [0.2, 0.25) is 0 Å². The van der Waals surface area contributed by atoms with Gasteiger partial charge in [0.05, 0.1) is 25.5 Å². The van der Waals surface area contributed by atoms with E-state index in [4.69, 9.17) is 4.74 Å². The number of rotatable bonds is 3. The molecule has 3 rings (SSSR count). The van der Waals surface area contributed by atoms with Crippen LogP contribution in [0.4, 0.5) is 0 Å². The fourth-order valence-corrected chi connectivity index (χ4v) is 2.83. The van der Waals surface area contributed by atoms with Gasteiger partial charge in [0, 0.05) is 19.6 Å². The van der Waals surface area contributed by atoms with Crippen molar-refractivity contribution in [2.24, 2.45) is 7.05 Å². The van der Waals surface area contributed by atoms with Gasteiger partial charge in [-0.2, -0.15) is 5.10 Å². The maximum absolute atomic E-state index is 12.1. The smallest absolute Gasteiger partial charge is 0.262 e. The maximum Gasteiger partial charge on any atom is 0.262 e. The Bertz CT molecular complexity index is 692. The van der Waals surface area contributed by atoms with Crippen LogP contribution in [0.15, 0.2) is 11.0 Å². The Morgan fingerprint density at radius 1 is 1.52 bits per heavy atom. The maximum atomic E-state index is 12.1. The summed E-state index contributed by atoms with van der Waals surface area (Å²) in [6.45, 7) is 6.43. The molecule has 0 radical (unpaired) electrons. The second-order valence-corrected chi connectivity index (χ2v) is 5.65. The molecule has 2 aromatic rings. The summed E-state index contributed by atoms with van der Waals surface area (Å²) in [4.78, 5) is 21.8. The van der Waals surface area contributed by atoms with Crippen molar-refractivity contribution in [1.29, 1.82) is 0 Å². The van der Waals surface area contributed by atoms with Crippen molar-refractivity contribution in [2.75, 3.05) is 13.2 Å². The van der Waals surface area contributed by atoms with Crippen molar-refractivity contribution >= 4 is 11.0 Å². The van der Waals surface area contributed by atoms with Crippen molar-refractivity contribution in [3.05, 3.63) is 22.4 Å². The quantitative estimate of drug-likeness (QED) is 0.899. The summed E-state index contributed by atoms with van der Waals surface area (Å²) in [7, 11) is 1.80. The summed E-state index contributed by atoms with van der Waals surface area (Å²) in [5.74, 6) is 0.684. The Balaban J connectivity index is 1.89. The van der Waals surface area contributed by atoms with Gasteiger partial charge in [0.15, 0.2) is 5.65 Å². The summed E-state index contributed by atoms with van der Waals surface area (Å²) >= 11 is 0. The van der Waals surface area contributed by atoms with Crippen LogP contribution >= 0.6 is 0 Å². The van der Waals surface area contributed by atoms with E-state index in [-0.39, 0.29) is 11.7 Å². The first kappa shape index (κ1) is 14.2. The summed E-state index contributed by atoms with van der Waals surface area (Å²) in [5.41, 5.74) is 0.501. The van der Waals surface area contributed by atoms with Crippen LogP contribution in [0.5, 0.6) is 0 Å². The molecule has 21 heavy (non-hydrogen) atoms. The zero-order chi connectivity index (χ0) is 15.0. The number of aromatic amines is 1. The lowest BCUT2D eigenvalue weighted by Gasteiger charge is -2.37. The molecule has 0 saturated carbocycles. The molecule has 1 saturated heterocycles. The van der Waals surface area contributed by atoms with Crippen molar-refractivity contribution in [2.45, 2.75) is 39.0 Å². The molecule has 0 bridgehead atoms. The third-order valence-electron chi connectivity index (χ3n) is 4.06. The Labute approximate surface area is 122 Å². The molecule has 3 heterocycles. The van der Waals surface area contributed by atoms with Crippen molar-refractivity contribution in [3.8, 4) is 0 Å². The molecular weight excluding hydrogens is 270 g/mol. The summed E-state index contributed by atoms with van der Waals surface area (Å²) in [5, 5.41) is 4.62. The first-order valence-corrected chi connectivity index (χ1v) is 7.35. The van der Waals surface area contributed by atoms with E-state index in [2.05, 4.69) is 33.8 Å². The Morgan fingerprint density at radius 2 is 2.33 bits per heavy atom. The van der Waals surface area contributed by atoms with Crippen LogP contribution in [0.1, 0.15) is 26.1 Å². The summed E-state index contributed by atoms with van der Waals surface area (Å²) in [6.07, 6.45) is 2.78. The molecule has 7 heteroatoms. The number of nitrogens with one attached hydrogen (secondary N) is 1. The molecule has 0 amide bonds. The largest absolute Gasteiger partial charge is 0.376 e. The molecule has 2 unspecified atom stereocenters. The lowest BCUT2D eigenvalue weighted by Crippen LogP contribution is -2.48. The van der Waals surface area contributed by atoms with Gasteiger partial charge in [-0.05, 0) is 13.3 Å². The highest BCUT2D eigenvalue weighted by molar-refractivity contribution is 5.72. The van der Waals surface area contributed by atoms with E-state index in [1.807, 2.05) is 0 Å².